The van der Waals surface area contributed by atoms with Crippen LogP contribution in [-0.2, 0) is 4.79 Å². The summed E-state index contributed by atoms with van der Waals surface area (Å²) in [6.07, 6.45) is 3.66. The fourth-order valence-corrected chi connectivity index (χ4v) is 1.54. The molecule has 0 aliphatic carbocycles. The Bertz CT molecular complexity index is 604. The van der Waals surface area contributed by atoms with Crippen LogP contribution in [0.5, 0.6) is 0 Å². The Labute approximate surface area is 105 Å². The van der Waals surface area contributed by atoms with Gasteiger partial charge in [0.1, 0.15) is 0 Å². The highest BCUT2D eigenvalue weighted by Crippen LogP contribution is 2.16. The van der Waals surface area contributed by atoms with E-state index in [9.17, 15) is 9.59 Å². The van der Waals surface area contributed by atoms with Gasteiger partial charge in [-0.05, 0) is 12.5 Å². The first-order valence-electron chi connectivity index (χ1n) is 5.14. The minimum Gasteiger partial charge on any atom is -0.322 e. The number of nitrogens with zero attached hydrogens (tertiary/aromatic N) is 2. The van der Waals surface area contributed by atoms with Crippen LogP contribution >= 0.6 is 15.9 Å². The van der Waals surface area contributed by atoms with Crippen molar-refractivity contribution in [2.24, 2.45) is 0 Å². The van der Waals surface area contributed by atoms with Gasteiger partial charge in [0.15, 0.2) is 0 Å². The second-order valence-electron chi connectivity index (χ2n) is 3.50. The first-order valence-corrected chi connectivity index (χ1v) is 6.05. The van der Waals surface area contributed by atoms with Crippen molar-refractivity contribution < 1.29 is 4.79 Å². The number of rotatable bonds is 3. The quantitative estimate of drug-likeness (QED) is 0.834. The fourth-order valence-electron chi connectivity index (χ4n) is 1.43. The van der Waals surface area contributed by atoms with E-state index >= 15 is 0 Å². The second kappa shape index (κ2) is 4.70. The van der Waals surface area contributed by atoms with E-state index in [1.54, 1.807) is 6.07 Å². The van der Waals surface area contributed by atoms with Gasteiger partial charge in [0, 0.05) is 6.20 Å². The number of fused-ring (bicyclic) bond motifs is 1. The molecule has 0 fully saturated rings. The van der Waals surface area contributed by atoms with Crippen LogP contribution in [-0.4, -0.2) is 25.3 Å². The lowest BCUT2D eigenvalue weighted by Gasteiger charge is -2.06. The van der Waals surface area contributed by atoms with E-state index in [2.05, 4.69) is 31.3 Å². The lowest BCUT2D eigenvalue weighted by molar-refractivity contribution is -0.115. The summed E-state index contributed by atoms with van der Waals surface area (Å²) in [4.78, 5) is 25.3. The Balaban J connectivity index is 2.35. The highest BCUT2D eigenvalue weighted by atomic mass is 79.9. The zero-order chi connectivity index (χ0) is 12.4. The SMILES string of the molecule is CCC(Br)C(=O)Nc1cnn2c(=O)[nH]ccc12. The number of aromatic nitrogens is 3. The maximum absolute atomic E-state index is 11.7. The summed E-state index contributed by atoms with van der Waals surface area (Å²) in [5.74, 6) is -0.150. The van der Waals surface area contributed by atoms with E-state index in [0.717, 1.165) is 0 Å². The van der Waals surface area contributed by atoms with E-state index in [1.807, 2.05) is 6.92 Å². The van der Waals surface area contributed by atoms with Crippen molar-refractivity contribution in [1.82, 2.24) is 14.6 Å². The fraction of sp³-hybridized carbons (Fsp3) is 0.300. The molecule has 2 heterocycles. The van der Waals surface area contributed by atoms with Crippen LogP contribution in [0.1, 0.15) is 13.3 Å². The van der Waals surface area contributed by atoms with Crippen molar-refractivity contribution in [2.45, 2.75) is 18.2 Å². The summed E-state index contributed by atoms with van der Waals surface area (Å²) in [5.41, 5.74) is 0.755. The third-order valence-electron chi connectivity index (χ3n) is 2.35. The summed E-state index contributed by atoms with van der Waals surface area (Å²) in [5, 5.41) is 6.62. The predicted molar refractivity (Wildman–Crippen MR) is 67.4 cm³/mol. The monoisotopic (exact) mass is 298 g/mol. The second-order valence-corrected chi connectivity index (χ2v) is 4.61. The Kier molecular flexibility index (Phi) is 3.28. The number of hydrogen-bond donors (Lipinski definition) is 2. The molecular weight excluding hydrogens is 288 g/mol. The molecule has 1 atom stereocenters. The molecule has 17 heavy (non-hydrogen) atoms. The number of nitrogens with one attached hydrogen (secondary N) is 2. The van der Waals surface area contributed by atoms with Gasteiger partial charge in [0.05, 0.1) is 22.2 Å². The zero-order valence-electron chi connectivity index (χ0n) is 9.11. The lowest BCUT2D eigenvalue weighted by atomic mass is 10.3. The average Bonchev–Trinajstić information content (AvgIpc) is 2.73. The number of amides is 1. The molecule has 0 saturated carbocycles. The molecule has 90 valence electrons. The molecule has 0 saturated heterocycles. The predicted octanol–water partition coefficient (Wildman–Crippen LogP) is 1.13. The van der Waals surface area contributed by atoms with Crippen LogP contribution in [0.15, 0.2) is 23.3 Å². The normalized spacial score (nSPS) is 12.6. The van der Waals surface area contributed by atoms with Gasteiger partial charge in [-0.3, -0.25) is 4.79 Å². The molecule has 2 aromatic rings. The summed E-state index contributed by atoms with van der Waals surface area (Å²) in [6, 6.07) is 1.68. The van der Waals surface area contributed by atoms with Crippen molar-refractivity contribution in [1.29, 1.82) is 0 Å². The summed E-state index contributed by atoms with van der Waals surface area (Å²) < 4.78 is 1.20. The van der Waals surface area contributed by atoms with Crippen molar-refractivity contribution in [3.63, 3.8) is 0 Å². The number of halogens is 1. The Morgan fingerprint density at radius 1 is 1.71 bits per heavy atom. The van der Waals surface area contributed by atoms with E-state index in [-0.39, 0.29) is 16.4 Å². The third kappa shape index (κ3) is 2.23. The van der Waals surface area contributed by atoms with Crippen molar-refractivity contribution in [3.8, 4) is 0 Å². The van der Waals surface area contributed by atoms with Crippen LogP contribution in [0.4, 0.5) is 5.69 Å². The number of carbonyl (C=O) groups excluding carboxylic acids is 1. The van der Waals surface area contributed by atoms with Gasteiger partial charge in [0.2, 0.25) is 5.91 Å². The van der Waals surface area contributed by atoms with Crippen LogP contribution < -0.4 is 11.0 Å². The summed E-state index contributed by atoms with van der Waals surface area (Å²) in [7, 11) is 0. The molecule has 0 aromatic carbocycles. The topological polar surface area (TPSA) is 79.3 Å². The number of aromatic amines is 1. The molecule has 0 spiro atoms. The molecule has 0 aliphatic heterocycles. The van der Waals surface area contributed by atoms with Crippen LogP contribution in [0.25, 0.3) is 5.52 Å². The first-order chi connectivity index (χ1) is 8.13. The standard InChI is InChI=1S/C10H11BrN4O2/c1-2-6(11)9(16)14-7-5-13-15-8(7)3-4-12-10(15)17/h3-6H,2H2,1H3,(H,12,17)(H,14,16). The molecule has 0 aliphatic rings. The van der Waals surface area contributed by atoms with Crippen LogP contribution in [0.3, 0.4) is 0 Å². The minimum atomic E-state index is -0.339. The number of anilines is 1. The van der Waals surface area contributed by atoms with E-state index in [1.165, 1.54) is 16.9 Å². The van der Waals surface area contributed by atoms with Gasteiger partial charge in [-0.15, -0.1) is 0 Å². The molecule has 6 nitrogen and oxygen atoms in total. The molecule has 7 heteroatoms. The summed E-state index contributed by atoms with van der Waals surface area (Å²) in [6.45, 7) is 1.90. The highest BCUT2D eigenvalue weighted by molar-refractivity contribution is 9.10. The number of alkyl halides is 1. The van der Waals surface area contributed by atoms with Crippen LogP contribution in [0, 0.1) is 0 Å². The zero-order valence-corrected chi connectivity index (χ0v) is 10.7. The molecule has 1 unspecified atom stereocenters. The average molecular weight is 299 g/mol. The summed E-state index contributed by atoms with van der Waals surface area (Å²) >= 11 is 3.26. The number of hydrogen-bond acceptors (Lipinski definition) is 3. The Morgan fingerprint density at radius 3 is 3.18 bits per heavy atom. The molecule has 2 aromatic heterocycles. The van der Waals surface area contributed by atoms with Crippen LogP contribution in [0.2, 0.25) is 0 Å². The van der Waals surface area contributed by atoms with E-state index in [4.69, 9.17) is 0 Å². The van der Waals surface area contributed by atoms with Gasteiger partial charge in [-0.1, -0.05) is 22.9 Å². The molecule has 0 bridgehead atoms. The number of carbonyl (C=O) groups is 1. The first kappa shape index (κ1) is 11.8. The van der Waals surface area contributed by atoms with E-state index < -0.39 is 0 Å². The third-order valence-corrected chi connectivity index (χ3v) is 3.41. The number of H-pyrrole nitrogens is 1. The van der Waals surface area contributed by atoms with Crippen molar-refractivity contribution in [3.05, 3.63) is 28.9 Å². The van der Waals surface area contributed by atoms with Gasteiger partial charge in [0.25, 0.3) is 0 Å². The van der Waals surface area contributed by atoms with Crippen molar-refractivity contribution in [2.75, 3.05) is 5.32 Å². The Hall–Kier alpha value is -1.63. The molecule has 2 N–H and O–H groups in total. The van der Waals surface area contributed by atoms with Gasteiger partial charge in [-0.2, -0.15) is 9.61 Å². The smallest absolute Gasteiger partial charge is 0.322 e. The largest absolute Gasteiger partial charge is 0.346 e. The van der Waals surface area contributed by atoms with Gasteiger partial charge >= 0.3 is 5.69 Å². The van der Waals surface area contributed by atoms with Gasteiger partial charge in [-0.25, -0.2) is 4.79 Å². The minimum absolute atomic E-state index is 0.150. The molecular formula is C10H11BrN4O2. The van der Waals surface area contributed by atoms with Gasteiger partial charge < -0.3 is 10.3 Å². The highest BCUT2D eigenvalue weighted by Gasteiger charge is 2.15. The lowest BCUT2D eigenvalue weighted by Crippen LogP contribution is -2.22. The van der Waals surface area contributed by atoms with E-state index in [0.29, 0.717) is 17.6 Å². The molecule has 1 amide bonds. The molecule has 2 rings (SSSR count). The molecule has 0 radical (unpaired) electrons. The Morgan fingerprint density at radius 2 is 2.47 bits per heavy atom. The maximum atomic E-state index is 11.7. The van der Waals surface area contributed by atoms with Crippen molar-refractivity contribution >= 4 is 33.0 Å². The maximum Gasteiger partial charge on any atom is 0.346 e.